The van der Waals surface area contributed by atoms with Crippen LogP contribution in [-0.4, -0.2) is 6.54 Å². The van der Waals surface area contributed by atoms with E-state index in [4.69, 9.17) is 0 Å². The van der Waals surface area contributed by atoms with E-state index in [0.717, 1.165) is 13.0 Å². The molecule has 0 aliphatic rings. The number of hydrogen-bond donors (Lipinski definition) is 1. The van der Waals surface area contributed by atoms with E-state index in [1.807, 2.05) is 0 Å². The van der Waals surface area contributed by atoms with Gasteiger partial charge in [0, 0.05) is 6.04 Å². The van der Waals surface area contributed by atoms with E-state index in [9.17, 15) is 0 Å². The highest BCUT2D eigenvalue weighted by Gasteiger charge is 2.08. The summed E-state index contributed by atoms with van der Waals surface area (Å²) in [6.45, 7) is 7.70. The summed E-state index contributed by atoms with van der Waals surface area (Å²) in [4.78, 5) is 0. The van der Waals surface area contributed by atoms with Crippen molar-refractivity contribution in [1.82, 2.24) is 5.32 Å². The summed E-state index contributed by atoms with van der Waals surface area (Å²) in [5, 5.41) is 3.61. The fraction of sp³-hybridized carbons (Fsp3) is 0.368. The van der Waals surface area contributed by atoms with Gasteiger partial charge in [0.05, 0.1) is 0 Å². The molecular weight excluding hydrogens is 242 g/mol. The highest BCUT2D eigenvalue weighted by molar-refractivity contribution is 5.67. The molecule has 0 radical (unpaired) electrons. The maximum Gasteiger partial charge on any atom is 0.0317 e. The Bertz CT molecular complexity index is 528. The zero-order valence-electron chi connectivity index (χ0n) is 12.8. The third-order valence-corrected chi connectivity index (χ3v) is 3.82. The van der Waals surface area contributed by atoms with Gasteiger partial charge in [0.15, 0.2) is 0 Å². The lowest BCUT2D eigenvalue weighted by Crippen LogP contribution is -2.21. The molecule has 1 unspecified atom stereocenters. The summed E-state index contributed by atoms with van der Waals surface area (Å²) in [6.07, 6.45) is 2.31. The fourth-order valence-corrected chi connectivity index (χ4v) is 2.61. The second-order valence-corrected chi connectivity index (χ2v) is 5.35. The number of benzene rings is 2. The quantitative estimate of drug-likeness (QED) is 0.766. The lowest BCUT2D eigenvalue weighted by Gasteiger charge is -2.17. The molecular formula is C19H25N. The Hall–Kier alpha value is -1.60. The van der Waals surface area contributed by atoms with Crippen LogP contribution >= 0.6 is 0 Å². The molecule has 0 aliphatic carbocycles. The third-order valence-electron chi connectivity index (χ3n) is 3.82. The van der Waals surface area contributed by atoms with Crippen molar-refractivity contribution in [3.8, 4) is 11.1 Å². The van der Waals surface area contributed by atoms with E-state index < -0.39 is 0 Å². The van der Waals surface area contributed by atoms with Crippen LogP contribution in [-0.2, 0) is 0 Å². The van der Waals surface area contributed by atoms with Crippen LogP contribution in [0.2, 0.25) is 0 Å². The lowest BCUT2D eigenvalue weighted by atomic mass is 9.97. The second-order valence-electron chi connectivity index (χ2n) is 5.35. The predicted octanol–water partition coefficient (Wildman–Crippen LogP) is 5.11. The first-order valence-electron chi connectivity index (χ1n) is 7.65. The Labute approximate surface area is 123 Å². The van der Waals surface area contributed by atoms with Gasteiger partial charge in [-0.15, -0.1) is 0 Å². The van der Waals surface area contributed by atoms with Gasteiger partial charge in [-0.25, -0.2) is 0 Å². The Morgan fingerprint density at radius 1 is 0.950 bits per heavy atom. The first kappa shape index (κ1) is 14.8. The topological polar surface area (TPSA) is 12.0 Å². The maximum atomic E-state index is 3.61. The molecule has 106 valence electrons. The average molecular weight is 267 g/mol. The molecule has 1 N–H and O–H groups in total. The minimum Gasteiger partial charge on any atom is -0.310 e. The number of nitrogens with one attached hydrogen (secondary N) is 1. The molecule has 0 heterocycles. The standard InChI is InChI=1S/C19H25N/c1-4-14-20-19(5-2)17-12-10-16(11-13-17)18-9-7-6-8-15(18)3/h6-13,19-20H,4-5,14H2,1-3H3. The van der Waals surface area contributed by atoms with Gasteiger partial charge in [-0.2, -0.15) is 0 Å². The summed E-state index contributed by atoms with van der Waals surface area (Å²) in [5.41, 5.74) is 5.35. The summed E-state index contributed by atoms with van der Waals surface area (Å²) >= 11 is 0. The Kier molecular flexibility index (Phi) is 5.37. The van der Waals surface area contributed by atoms with Crippen LogP contribution in [0.3, 0.4) is 0 Å². The van der Waals surface area contributed by atoms with Gasteiger partial charge < -0.3 is 5.32 Å². The van der Waals surface area contributed by atoms with Gasteiger partial charge in [-0.1, -0.05) is 62.4 Å². The van der Waals surface area contributed by atoms with Gasteiger partial charge in [-0.05, 0) is 48.6 Å². The molecule has 0 spiro atoms. The maximum absolute atomic E-state index is 3.61. The molecule has 2 aromatic rings. The van der Waals surface area contributed by atoms with E-state index in [1.165, 1.54) is 28.7 Å². The molecule has 0 saturated carbocycles. The molecule has 2 aromatic carbocycles. The van der Waals surface area contributed by atoms with Crippen molar-refractivity contribution in [3.63, 3.8) is 0 Å². The van der Waals surface area contributed by atoms with Gasteiger partial charge in [0.25, 0.3) is 0 Å². The van der Waals surface area contributed by atoms with Crippen LogP contribution in [0, 0.1) is 6.92 Å². The summed E-state index contributed by atoms with van der Waals surface area (Å²) < 4.78 is 0. The molecule has 0 fully saturated rings. The molecule has 20 heavy (non-hydrogen) atoms. The zero-order valence-corrected chi connectivity index (χ0v) is 12.8. The van der Waals surface area contributed by atoms with Crippen molar-refractivity contribution < 1.29 is 0 Å². The van der Waals surface area contributed by atoms with Crippen LogP contribution in [0.4, 0.5) is 0 Å². The van der Waals surface area contributed by atoms with Gasteiger partial charge in [0.2, 0.25) is 0 Å². The predicted molar refractivity (Wildman–Crippen MR) is 87.9 cm³/mol. The van der Waals surface area contributed by atoms with E-state index in [1.54, 1.807) is 0 Å². The van der Waals surface area contributed by atoms with E-state index in [0.29, 0.717) is 6.04 Å². The van der Waals surface area contributed by atoms with Gasteiger partial charge in [-0.3, -0.25) is 0 Å². The minimum absolute atomic E-state index is 0.473. The van der Waals surface area contributed by atoms with Crippen LogP contribution in [0.15, 0.2) is 48.5 Å². The van der Waals surface area contributed by atoms with Crippen molar-refractivity contribution >= 4 is 0 Å². The molecule has 0 aromatic heterocycles. The van der Waals surface area contributed by atoms with Gasteiger partial charge in [0.1, 0.15) is 0 Å². The molecule has 1 atom stereocenters. The lowest BCUT2D eigenvalue weighted by molar-refractivity contribution is 0.518. The Morgan fingerprint density at radius 3 is 2.25 bits per heavy atom. The molecule has 1 nitrogen and oxygen atoms in total. The van der Waals surface area contributed by atoms with Crippen LogP contribution in [0.1, 0.15) is 43.9 Å². The van der Waals surface area contributed by atoms with Crippen molar-refractivity contribution in [2.75, 3.05) is 6.54 Å². The number of hydrogen-bond acceptors (Lipinski definition) is 1. The average Bonchev–Trinajstić information content (AvgIpc) is 2.49. The third kappa shape index (κ3) is 3.49. The smallest absolute Gasteiger partial charge is 0.0317 e. The second kappa shape index (κ2) is 7.25. The van der Waals surface area contributed by atoms with Crippen molar-refractivity contribution in [2.45, 2.75) is 39.7 Å². The first-order valence-corrected chi connectivity index (χ1v) is 7.65. The van der Waals surface area contributed by atoms with E-state index in [-0.39, 0.29) is 0 Å². The van der Waals surface area contributed by atoms with Crippen LogP contribution < -0.4 is 5.32 Å². The molecule has 0 saturated heterocycles. The molecule has 0 amide bonds. The largest absolute Gasteiger partial charge is 0.310 e. The minimum atomic E-state index is 0.473. The van der Waals surface area contributed by atoms with E-state index >= 15 is 0 Å². The highest BCUT2D eigenvalue weighted by atomic mass is 14.9. The summed E-state index contributed by atoms with van der Waals surface area (Å²) in [6, 6.07) is 18.0. The molecule has 0 aliphatic heterocycles. The summed E-state index contributed by atoms with van der Waals surface area (Å²) in [5.74, 6) is 0. The zero-order chi connectivity index (χ0) is 14.4. The van der Waals surface area contributed by atoms with Crippen LogP contribution in [0.25, 0.3) is 11.1 Å². The molecule has 0 bridgehead atoms. The number of aryl methyl sites for hydroxylation is 1. The van der Waals surface area contributed by atoms with E-state index in [2.05, 4.69) is 74.6 Å². The summed E-state index contributed by atoms with van der Waals surface area (Å²) in [7, 11) is 0. The molecule has 2 rings (SSSR count). The number of rotatable bonds is 6. The molecule has 1 heteroatoms. The van der Waals surface area contributed by atoms with Crippen molar-refractivity contribution in [2.24, 2.45) is 0 Å². The van der Waals surface area contributed by atoms with Crippen molar-refractivity contribution in [3.05, 3.63) is 59.7 Å². The SMILES string of the molecule is CCCNC(CC)c1ccc(-c2ccccc2C)cc1. The first-order chi connectivity index (χ1) is 9.76. The monoisotopic (exact) mass is 267 g/mol. The van der Waals surface area contributed by atoms with Gasteiger partial charge >= 0.3 is 0 Å². The fourth-order valence-electron chi connectivity index (χ4n) is 2.61. The van der Waals surface area contributed by atoms with Crippen molar-refractivity contribution in [1.29, 1.82) is 0 Å². The Morgan fingerprint density at radius 2 is 1.65 bits per heavy atom. The van der Waals surface area contributed by atoms with Crippen LogP contribution in [0.5, 0.6) is 0 Å². The highest BCUT2D eigenvalue weighted by Crippen LogP contribution is 2.25. The Balaban J connectivity index is 2.19. The normalized spacial score (nSPS) is 12.3.